The van der Waals surface area contributed by atoms with Crippen molar-refractivity contribution in [3.05, 3.63) is 4.60 Å². The number of nitrogens with one attached hydrogen (secondary N) is 2. The summed E-state index contributed by atoms with van der Waals surface area (Å²) >= 11 is 3.01. The van der Waals surface area contributed by atoms with Crippen LogP contribution in [0.2, 0.25) is 0 Å². The molecule has 1 atom stereocenters. The third-order valence-electron chi connectivity index (χ3n) is 2.22. The second-order valence-corrected chi connectivity index (χ2v) is 7.77. The Balaban J connectivity index is 2.90. The van der Waals surface area contributed by atoms with Crippen molar-refractivity contribution in [1.82, 2.24) is 25.0 Å². The molecule has 0 saturated heterocycles. The largest absolute Gasteiger partial charge is 0.350 e. The van der Waals surface area contributed by atoms with E-state index in [4.69, 9.17) is 0 Å². The van der Waals surface area contributed by atoms with E-state index in [9.17, 15) is 13.2 Å². The molecule has 114 valence electrons. The van der Waals surface area contributed by atoms with E-state index in [1.165, 1.54) is 14.0 Å². The maximum Gasteiger partial charge on any atom is 0.261 e. The Labute approximate surface area is 126 Å². The number of rotatable bonds is 4. The molecular weight excluding hydrogens is 350 g/mol. The van der Waals surface area contributed by atoms with Gasteiger partial charge >= 0.3 is 0 Å². The second kappa shape index (κ2) is 5.78. The van der Waals surface area contributed by atoms with E-state index in [2.05, 4.69) is 36.3 Å². The molecule has 8 nitrogen and oxygen atoms in total. The number of aromatic nitrogens is 3. The number of carbonyl (C=O) groups is 1. The number of amides is 1. The monoisotopic (exact) mass is 367 g/mol. The van der Waals surface area contributed by atoms with E-state index in [-0.39, 0.29) is 9.63 Å². The number of sulfonamides is 1. The Kier molecular flexibility index (Phi) is 4.93. The summed E-state index contributed by atoms with van der Waals surface area (Å²) in [7, 11) is -2.45. The van der Waals surface area contributed by atoms with Crippen LogP contribution in [0.4, 0.5) is 0 Å². The number of halogens is 1. The predicted molar refractivity (Wildman–Crippen MR) is 76.4 cm³/mol. The normalized spacial score (nSPS) is 14.1. The molecule has 0 aromatic carbocycles. The standard InChI is InChI=1S/C10H18BrN5O3S/c1-6(8(17)12-10(2,3)4)14-20(18,19)9-7(11)13-15-16(9)5/h6,14H,1-5H3,(H,12,17). The number of hydrogen-bond acceptors (Lipinski definition) is 5. The summed E-state index contributed by atoms with van der Waals surface area (Å²) < 4.78 is 27.9. The molecule has 1 aromatic heterocycles. The van der Waals surface area contributed by atoms with Gasteiger partial charge in [0.1, 0.15) is 0 Å². The first kappa shape index (κ1) is 17.1. The lowest BCUT2D eigenvalue weighted by atomic mass is 10.1. The van der Waals surface area contributed by atoms with Gasteiger partial charge in [0.15, 0.2) is 4.60 Å². The molecule has 1 aromatic rings. The summed E-state index contributed by atoms with van der Waals surface area (Å²) in [6.07, 6.45) is 0. The van der Waals surface area contributed by atoms with Crippen molar-refractivity contribution in [2.24, 2.45) is 7.05 Å². The Morgan fingerprint density at radius 2 is 1.95 bits per heavy atom. The summed E-state index contributed by atoms with van der Waals surface area (Å²) in [6.45, 7) is 6.91. The summed E-state index contributed by atoms with van der Waals surface area (Å²) in [5.74, 6) is -0.410. The van der Waals surface area contributed by atoms with Gasteiger partial charge < -0.3 is 5.32 Å². The third kappa shape index (κ3) is 4.25. The van der Waals surface area contributed by atoms with Gasteiger partial charge in [-0.1, -0.05) is 5.21 Å². The highest BCUT2D eigenvalue weighted by Crippen LogP contribution is 2.17. The number of carbonyl (C=O) groups excluding carboxylic acids is 1. The van der Waals surface area contributed by atoms with Gasteiger partial charge in [-0.25, -0.2) is 13.1 Å². The maximum absolute atomic E-state index is 12.2. The topological polar surface area (TPSA) is 106 Å². The number of nitrogens with zero attached hydrogens (tertiary/aromatic N) is 3. The van der Waals surface area contributed by atoms with E-state index < -0.39 is 27.5 Å². The lowest BCUT2D eigenvalue weighted by Crippen LogP contribution is -2.50. The van der Waals surface area contributed by atoms with Crippen LogP contribution in [-0.2, 0) is 21.9 Å². The van der Waals surface area contributed by atoms with Crippen molar-refractivity contribution in [3.63, 3.8) is 0 Å². The Hall–Kier alpha value is -1.00. The molecule has 10 heteroatoms. The molecule has 1 amide bonds. The first-order chi connectivity index (χ1) is 8.94. The van der Waals surface area contributed by atoms with Gasteiger partial charge in [0.25, 0.3) is 10.0 Å². The predicted octanol–water partition coefficient (Wildman–Crippen LogP) is 0.159. The molecule has 0 fully saturated rings. The highest BCUT2D eigenvalue weighted by molar-refractivity contribution is 9.10. The molecule has 0 spiro atoms. The Morgan fingerprint density at radius 1 is 1.40 bits per heavy atom. The molecule has 0 aliphatic heterocycles. The average molecular weight is 368 g/mol. The SMILES string of the molecule is CC(NS(=O)(=O)c1c(Br)nnn1C)C(=O)NC(C)(C)C. The molecule has 1 unspecified atom stereocenters. The van der Waals surface area contributed by atoms with Crippen LogP contribution in [0.15, 0.2) is 9.63 Å². The lowest BCUT2D eigenvalue weighted by Gasteiger charge is -2.23. The van der Waals surface area contributed by atoms with Gasteiger partial charge in [0, 0.05) is 12.6 Å². The van der Waals surface area contributed by atoms with Gasteiger partial charge in [-0.2, -0.15) is 4.72 Å². The molecule has 1 heterocycles. The zero-order chi connectivity index (χ0) is 15.7. The van der Waals surface area contributed by atoms with Crippen molar-refractivity contribution in [2.45, 2.75) is 44.3 Å². The average Bonchev–Trinajstić information content (AvgIpc) is 2.55. The van der Waals surface area contributed by atoms with Gasteiger partial charge in [-0.05, 0) is 43.6 Å². The minimum absolute atomic E-state index is 0.0935. The van der Waals surface area contributed by atoms with Crippen molar-refractivity contribution in [3.8, 4) is 0 Å². The van der Waals surface area contributed by atoms with Crippen LogP contribution in [0, 0.1) is 0 Å². The van der Waals surface area contributed by atoms with Crippen LogP contribution >= 0.6 is 15.9 Å². The Morgan fingerprint density at radius 3 is 2.35 bits per heavy atom. The van der Waals surface area contributed by atoms with Crippen molar-refractivity contribution < 1.29 is 13.2 Å². The highest BCUT2D eigenvalue weighted by Gasteiger charge is 2.29. The van der Waals surface area contributed by atoms with E-state index in [0.29, 0.717) is 0 Å². The molecule has 0 radical (unpaired) electrons. The Bertz CT molecular complexity index is 585. The van der Waals surface area contributed by atoms with E-state index in [1.807, 2.05) is 20.8 Å². The summed E-state index contributed by atoms with van der Waals surface area (Å²) in [5, 5.41) is 9.77. The highest BCUT2D eigenvalue weighted by atomic mass is 79.9. The van der Waals surface area contributed by atoms with Crippen LogP contribution in [0.25, 0.3) is 0 Å². The first-order valence-corrected chi connectivity index (χ1v) is 8.11. The zero-order valence-corrected chi connectivity index (χ0v) is 14.3. The quantitative estimate of drug-likeness (QED) is 0.788. The maximum atomic E-state index is 12.2. The van der Waals surface area contributed by atoms with E-state index in [1.54, 1.807) is 0 Å². The second-order valence-electron chi connectivity index (χ2n) is 5.39. The molecule has 2 N–H and O–H groups in total. The molecule has 20 heavy (non-hydrogen) atoms. The molecule has 1 rings (SSSR count). The third-order valence-corrected chi connectivity index (χ3v) is 4.64. The van der Waals surface area contributed by atoms with Crippen LogP contribution in [0.1, 0.15) is 27.7 Å². The summed E-state index contributed by atoms with van der Waals surface area (Å²) in [4.78, 5) is 11.9. The van der Waals surface area contributed by atoms with Crippen LogP contribution in [0.3, 0.4) is 0 Å². The van der Waals surface area contributed by atoms with Crippen LogP contribution in [-0.4, -0.2) is 40.9 Å². The fraction of sp³-hybridized carbons (Fsp3) is 0.700. The first-order valence-electron chi connectivity index (χ1n) is 5.83. The summed E-state index contributed by atoms with van der Waals surface area (Å²) in [5.41, 5.74) is -0.439. The summed E-state index contributed by atoms with van der Waals surface area (Å²) in [6, 6.07) is -0.916. The molecule has 0 bridgehead atoms. The molecule has 0 aliphatic carbocycles. The van der Waals surface area contributed by atoms with Crippen LogP contribution in [0.5, 0.6) is 0 Å². The molecule has 0 saturated carbocycles. The minimum Gasteiger partial charge on any atom is -0.350 e. The van der Waals surface area contributed by atoms with Crippen molar-refractivity contribution in [1.29, 1.82) is 0 Å². The fourth-order valence-electron chi connectivity index (χ4n) is 1.43. The van der Waals surface area contributed by atoms with E-state index >= 15 is 0 Å². The molecule has 0 aliphatic rings. The van der Waals surface area contributed by atoms with Gasteiger partial charge in [0.05, 0.1) is 6.04 Å². The van der Waals surface area contributed by atoms with Crippen LogP contribution < -0.4 is 10.0 Å². The minimum atomic E-state index is -3.90. The number of aryl methyl sites for hydroxylation is 1. The van der Waals surface area contributed by atoms with Gasteiger partial charge in [-0.15, -0.1) is 5.10 Å². The van der Waals surface area contributed by atoms with Gasteiger partial charge in [0.2, 0.25) is 10.9 Å². The van der Waals surface area contributed by atoms with Gasteiger partial charge in [-0.3, -0.25) is 4.79 Å². The van der Waals surface area contributed by atoms with Crippen molar-refractivity contribution in [2.75, 3.05) is 0 Å². The number of hydrogen-bond donors (Lipinski definition) is 2. The molecular formula is C10H18BrN5O3S. The fourth-order valence-corrected chi connectivity index (χ4v) is 3.73. The van der Waals surface area contributed by atoms with E-state index in [0.717, 1.165) is 4.68 Å². The lowest BCUT2D eigenvalue weighted by molar-refractivity contribution is -0.123. The zero-order valence-electron chi connectivity index (χ0n) is 11.9. The van der Waals surface area contributed by atoms with Crippen molar-refractivity contribution >= 4 is 31.9 Å². The smallest absolute Gasteiger partial charge is 0.261 e.